The molecule has 0 aliphatic heterocycles. The number of carbonyl (C=O) groups is 1. The first-order valence-corrected chi connectivity index (χ1v) is 6.48. The molecule has 4 heteroatoms. The van der Waals surface area contributed by atoms with E-state index < -0.39 is 0 Å². The topological polar surface area (TPSA) is 68.0 Å². The Labute approximate surface area is 113 Å². The number of nitrogens with zero attached hydrogens (tertiary/aromatic N) is 1. The van der Waals surface area contributed by atoms with E-state index in [9.17, 15) is 4.79 Å². The van der Waals surface area contributed by atoms with Crippen molar-refractivity contribution < 1.29 is 4.79 Å². The quantitative estimate of drug-likeness (QED) is 0.884. The molecule has 1 aromatic carbocycles. The molecule has 19 heavy (non-hydrogen) atoms. The van der Waals surface area contributed by atoms with Crippen molar-refractivity contribution in [3.05, 3.63) is 35.7 Å². The monoisotopic (exact) mass is 257 g/mol. The van der Waals surface area contributed by atoms with Gasteiger partial charge in [-0.3, -0.25) is 9.78 Å². The van der Waals surface area contributed by atoms with Gasteiger partial charge in [-0.25, -0.2) is 0 Å². The van der Waals surface area contributed by atoms with Gasteiger partial charge in [-0.05, 0) is 32.9 Å². The van der Waals surface area contributed by atoms with Crippen LogP contribution < -0.4 is 11.1 Å². The van der Waals surface area contributed by atoms with E-state index in [1.807, 2.05) is 31.2 Å². The Balaban J connectivity index is 2.65. The van der Waals surface area contributed by atoms with E-state index >= 15 is 0 Å². The van der Waals surface area contributed by atoms with Crippen molar-refractivity contribution >= 4 is 22.4 Å². The van der Waals surface area contributed by atoms with Crippen molar-refractivity contribution in [1.29, 1.82) is 0 Å². The predicted octanol–water partition coefficient (Wildman–Crippen LogP) is 2.56. The van der Waals surface area contributed by atoms with Crippen LogP contribution in [0.5, 0.6) is 0 Å². The lowest BCUT2D eigenvalue weighted by atomic mass is 10.0. The number of fused-ring (bicyclic) bond motifs is 1. The summed E-state index contributed by atoms with van der Waals surface area (Å²) in [5.41, 5.74) is 8.06. The Kier molecular flexibility index (Phi) is 3.69. The first-order chi connectivity index (χ1) is 9.04. The van der Waals surface area contributed by atoms with Gasteiger partial charge in [0, 0.05) is 28.7 Å². The largest absolute Gasteiger partial charge is 0.385 e. The van der Waals surface area contributed by atoms with E-state index in [1.165, 1.54) is 0 Å². The summed E-state index contributed by atoms with van der Waals surface area (Å²) in [5.74, 6) is -0.732. The van der Waals surface area contributed by atoms with Gasteiger partial charge >= 0.3 is 0 Å². The summed E-state index contributed by atoms with van der Waals surface area (Å²) < 4.78 is 0. The number of primary amides is 1. The van der Waals surface area contributed by atoms with Gasteiger partial charge in [0.15, 0.2) is 0 Å². The van der Waals surface area contributed by atoms with Crippen LogP contribution in [-0.2, 0) is 4.79 Å². The highest BCUT2D eigenvalue weighted by Gasteiger charge is 2.15. The Morgan fingerprint density at radius 3 is 2.79 bits per heavy atom. The van der Waals surface area contributed by atoms with Gasteiger partial charge in [-0.2, -0.15) is 0 Å². The van der Waals surface area contributed by atoms with E-state index in [1.54, 1.807) is 6.92 Å². The third kappa shape index (κ3) is 2.52. The lowest BCUT2D eigenvalue weighted by molar-refractivity contribution is -0.119. The number of nitrogens with two attached hydrogens (primary N) is 1. The Morgan fingerprint density at radius 2 is 2.16 bits per heavy atom. The van der Waals surface area contributed by atoms with Crippen LogP contribution in [0.2, 0.25) is 0 Å². The molecule has 0 aliphatic carbocycles. The molecular formula is C15H19N3O. The highest BCUT2D eigenvalue weighted by Crippen LogP contribution is 2.28. The van der Waals surface area contributed by atoms with Crippen LogP contribution in [-0.4, -0.2) is 17.4 Å². The van der Waals surface area contributed by atoms with E-state index in [2.05, 4.69) is 17.2 Å². The third-order valence-electron chi connectivity index (χ3n) is 3.32. The van der Waals surface area contributed by atoms with E-state index in [-0.39, 0.29) is 11.8 Å². The van der Waals surface area contributed by atoms with Gasteiger partial charge in [0.25, 0.3) is 0 Å². The molecule has 0 spiro atoms. The van der Waals surface area contributed by atoms with E-state index in [4.69, 9.17) is 5.73 Å². The van der Waals surface area contributed by atoms with Crippen molar-refractivity contribution in [2.75, 3.05) is 11.9 Å². The third-order valence-corrected chi connectivity index (χ3v) is 3.32. The molecule has 0 saturated heterocycles. The number of hydrogen-bond donors (Lipinski definition) is 2. The van der Waals surface area contributed by atoms with Crippen LogP contribution in [0.3, 0.4) is 0 Å². The zero-order valence-corrected chi connectivity index (χ0v) is 11.5. The number of benzene rings is 1. The fraction of sp³-hybridized carbons (Fsp3) is 0.333. The van der Waals surface area contributed by atoms with Gasteiger partial charge in [-0.15, -0.1) is 0 Å². The summed E-state index contributed by atoms with van der Waals surface area (Å²) >= 11 is 0. The number of hydrogen-bond acceptors (Lipinski definition) is 3. The summed E-state index contributed by atoms with van der Waals surface area (Å²) in [5, 5.41) is 5.51. The highest BCUT2D eigenvalue weighted by atomic mass is 16.1. The standard InChI is InChI=1S/C15H19N3O/c1-4-17-13-7-5-6-11-10(3)18-14(8-12(11)13)9(2)15(16)19/h5-9,17H,4H2,1-3H3,(H2,16,19). The lowest BCUT2D eigenvalue weighted by Gasteiger charge is -2.13. The molecule has 2 rings (SSSR count). The van der Waals surface area contributed by atoms with E-state index in [0.29, 0.717) is 0 Å². The number of nitrogens with one attached hydrogen (secondary N) is 1. The first-order valence-electron chi connectivity index (χ1n) is 6.48. The minimum Gasteiger partial charge on any atom is -0.385 e. The van der Waals surface area contributed by atoms with Crippen molar-refractivity contribution in [2.45, 2.75) is 26.7 Å². The molecule has 0 bridgehead atoms. The van der Waals surface area contributed by atoms with Gasteiger partial charge in [0.05, 0.1) is 11.6 Å². The molecule has 0 radical (unpaired) electrons. The van der Waals surface area contributed by atoms with Gasteiger partial charge < -0.3 is 11.1 Å². The minimum atomic E-state index is -0.377. The average Bonchev–Trinajstić information content (AvgIpc) is 2.38. The summed E-state index contributed by atoms with van der Waals surface area (Å²) in [6, 6.07) is 8.03. The molecule has 0 fully saturated rings. The Morgan fingerprint density at radius 1 is 1.42 bits per heavy atom. The molecule has 0 saturated carbocycles. The maximum atomic E-state index is 11.3. The van der Waals surface area contributed by atoms with Crippen LogP contribution >= 0.6 is 0 Å². The Hall–Kier alpha value is -2.10. The van der Waals surface area contributed by atoms with Crippen molar-refractivity contribution in [3.8, 4) is 0 Å². The van der Waals surface area contributed by atoms with Crippen molar-refractivity contribution in [3.63, 3.8) is 0 Å². The first kappa shape index (κ1) is 13.3. The molecule has 3 N–H and O–H groups in total. The van der Waals surface area contributed by atoms with Crippen LogP contribution in [0.15, 0.2) is 24.3 Å². The van der Waals surface area contributed by atoms with Crippen molar-refractivity contribution in [1.82, 2.24) is 4.98 Å². The second-order valence-electron chi connectivity index (χ2n) is 4.69. The van der Waals surface area contributed by atoms with Crippen LogP contribution in [0.4, 0.5) is 5.69 Å². The minimum absolute atomic E-state index is 0.354. The van der Waals surface area contributed by atoms with Crippen LogP contribution in [0.25, 0.3) is 10.8 Å². The fourth-order valence-electron chi connectivity index (χ4n) is 2.18. The number of amides is 1. The summed E-state index contributed by atoms with van der Waals surface area (Å²) in [7, 11) is 0. The molecule has 2 aromatic rings. The predicted molar refractivity (Wildman–Crippen MR) is 78.3 cm³/mol. The number of aromatic nitrogens is 1. The molecule has 1 aromatic heterocycles. The molecule has 1 amide bonds. The zero-order chi connectivity index (χ0) is 14.0. The highest BCUT2D eigenvalue weighted by molar-refractivity contribution is 5.96. The summed E-state index contributed by atoms with van der Waals surface area (Å²) in [6.45, 7) is 6.64. The molecule has 1 atom stereocenters. The summed E-state index contributed by atoms with van der Waals surface area (Å²) in [4.78, 5) is 15.8. The maximum absolute atomic E-state index is 11.3. The maximum Gasteiger partial charge on any atom is 0.226 e. The molecule has 0 aliphatic rings. The van der Waals surface area contributed by atoms with Gasteiger partial charge in [0.2, 0.25) is 5.91 Å². The van der Waals surface area contributed by atoms with Gasteiger partial charge in [-0.1, -0.05) is 12.1 Å². The number of rotatable bonds is 4. The second-order valence-corrected chi connectivity index (χ2v) is 4.69. The lowest BCUT2D eigenvalue weighted by Crippen LogP contribution is -2.20. The van der Waals surface area contributed by atoms with Crippen molar-refractivity contribution in [2.24, 2.45) is 5.73 Å². The van der Waals surface area contributed by atoms with Crippen LogP contribution in [0, 0.1) is 6.92 Å². The SMILES string of the molecule is CCNc1cccc2c(C)nc(C(C)C(N)=O)cc12. The fourth-order valence-corrected chi connectivity index (χ4v) is 2.18. The van der Waals surface area contributed by atoms with Crippen LogP contribution in [0.1, 0.15) is 31.2 Å². The zero-order valence-electron chi connectivity index (χ0n) is 11.5. The average molecular weight is 257 g/mol. The number of carbonyl (C=O) groups excluding carboxylic acids is 1. The number of anilines is 1. The molecular weight excluding hydrogens is 238 g/mol. The normalized spacial score (nSPS) is 12.4. The van der Waals surface area contributed by atoms with E-state index in [0.717, 1.165) is 34.4 Å². The molecule has 100 valence electrons. The summed E-state index contributed by atoms with van der Waals surface area (Å²) in [6.07, 6.45) is 0. The Bertz CT molecular complexity index is 622. The molecule has 1 heterocycles. The van der Waals surface area contributed by atoms with Gasteiger partial charge in [0.1, 0.15) is 0 Å². The number of pyridine rings is 1. The number of aryl methyl sites for hydroxylation is 1. The second kappa shape index (κ2) is 5.26. The molecule has 4 nitrogen and oxygen atoms in total. The molecule has 1 unspecified atom stereocenters. The smallest absolute Gasteiger partial charge is 0.226 e.